The summed E-state index contributed by atoms with van der Waals surface area (Å²) in [5, 5.41) is 0.815. The quantitative estimate of drug-likeness (QED) is 0.750. The number of amides is 2. The van der Waals surface area contributed by atoms with E-state index in [9.17, 15) is 18.8 Å². The van der Waals surface area contributed by atoms with Gasteiger partial charge < -0.3 is 19.2 Å². The van der Waals surface area contributed by atoms with Gasteiger partial charge in [-0.3, -0.25) is 14.4 Å². The number of hydrogen-bond acceptors (Lipinski definition) is 4. The molecule has 1 N–H and O–H groups in total. The van der Waals surface area contributed by atoms with E-state index in [1.807, 2.05) is 0 Å². The number of aromatic nitrogens is 1. The number of furan rings is 1. The molecule has 8 heteroatoms. The van der Waals surface area contributed by atoms with Crippen molar-refractivity contribution in [3.05, 3.63) is 70.3 Å². The summed E-state index contributed by atoms with van der Waals surface area (Å²) < 4.78 is 19.0. The molecule has 2 amide bonds. The van der Waals surface area contributed by atoms with Crippen LogP contribution in [0.2, 0.25) is 0 Å². The molecule has 0 aliphatic carbocycles. The highest BCUT2D eigenvalue weighted by molar-refractivity contribution is 5.98. The molecule has 1 atom stereocenters. The Morgan fingerprint density at radius 2 is 2.00 bits per heavy atom. The summed E-state index contributed by atoms with van der Waals surface area (Å²) in [6, 6.07) is 8.62. The Morgan fingerprint density at radius 3 is 2.79 bits per heavy atom. The number of pyridine rings is 1. The van der Waals surface area contributed by atoms with Crippen LogP contribution < -0.4 is 5.43 Å². The van der Waals surface area contributed by atoms with Crippen LogP contribution in [-0.4, -0.2) is 58.9 Å². The number of piperazine rings is 1. The van der Waals surface area contributed by atoms with Gasteiger partial charge in [0, 0.05) is 48.9 Å². The number of nitrogens with one attached hydrogen (secondary N) is 1. The number of carbonyl (C=O) groups excluding carboxylic acids is 2. The lowest BCUT2D eigenvalue weighted by atomic mass is 10.1. The Labute approximate surface area is 159 Å². The first-order chi connectivity index (χ1) is 13.6. The topological polar surface area (TPSA) is 86.6 Å². The summed E-state index contributed by atoms with van der Waals surface area (Å²) >= 11 is 0. The lowest BCUT2D eigenvalue weighted by Gasteiger charge is -2.40. The molecule has 1 fully saturated rings. The van der Waals surface area contributed by atoms with Crippen LogP contribution in [-0.2, 0) is 0 Å². The molecule has 1 unspecified atom stereocenters. The Balaban J connectivity index is 1.51. The largest absolute Gasteiger partial charge is 0.464 e. The zero-order chi connectivity index (χ0) is 19.7. The molecule has 1 saturated heterocycles. The summed E-state index contributed by atoms with van der Waals surface area (Å²) in [6.07, 6.45) is 2.93. The predicted molar refractivity (Wildman–Crippen MR) is 100.0 cm³/mol. The number of benzene rings is 1. The molecule has 2 aromatic heterocycles. The minimum Gasteiger partial charge on any atom is -0.464 e. The Morgan fingerprint density at radius 1 is 1.14 bits per heavy atom. The van der Waals surface area contributed by atoms with E-state index in [4.69, 9.17) is 4.42 Å². The van der Waals surface area contributed by atoms with Crippen molar-refractivity contribution in [2.75, 3.05) is 26.3 Å². The molecular weight excluding hydrogens is 365 g/mol. The van der Waals surface area contributed by atoms with Gasteiger partial charge in [-0.2, -0.15) is 0 Å². The van der Waals surface area contributed by atoms with E-state index in [0.29, 0.717) is 11.1 Å². The number of fused-ring (bicyclic) bond motifs is 1. The highest BCUT2D eigenvalue weighted by Crippen LogP contribution is 2.20. The summed E-state index contributed by atoms with van der Waals surface area (Å²) in [5.74, 6) is -0.672. The van der Waals surface area contributed by atoms with Crippen LogP contribution in [0.25, 0.3) is 11.0 Å². The minimum absolute atomic E-state index is 0.0849. The van der Waals surface area contributed by atoms with E-state index in [2.05, 4.69) is 4.98 Å². The summed E-state index contributed by atoms with van der Waals surface area (Å²) in [5.41, 5.74) is 0.975. The first-order valence-corrected chi connectivity index (χ1v) is 8.89. The molecule has 0 radical (unpaired) electrons. The lowest BCUT2D eigenvalue weighted by Crippen LogP contribution is -2.57. The van der Waals surface area contributed by atoms with Gasteiger partial charge >= 0.3 is 0 Å². The zero-order valence-electron chi connectivity index (χ0n) is 14.9. The highest BCUT2D eigenvalue weighted by atomic mass is 19.1. The van der Waals surface area contributed by atoms with Gasteiger partial charge in [-0.1, -0.05) is 0 Å². The maximum absolute atomic E-state index is 13.7. The second-order valence-corrected chi connectivity index (χ2v) is 6.67. The van der Waals surface area contributed by atoms with Gasteiger partial charge in [0.25, 0.3) is 11.8 Å². The first-order valence-electron chi connectivity index (χ1n) is 8.89. The average Bonchev–Trinajstić information content (AvgIpc) is 3.20. The molecule has 3 aromatic rings. The molecular formula is C20H18FN3O4. The molecule has 1 aliphatic heterocycles. The minimum atomic E-state index is -0.784. The van der Waals surface area contributed by atoms with Crippen molar-refractivity contribution >= 4 is 22.8 Å². The number of H-pyrrole nitrogens is 1. The van der Waals surface area contributed by atoms with Crippen LogP contribution in [0.3, 0.4) is 0 Å². The first kappa shape index (κ1) is 18.0. The van der Waals surface area contributed by atoms with Gasteiger partial charge in [-0.25, -0.2) is 4.39 Å². The molecule has 0 bridgehead atoms. The number of hydrogen-bond donors (Lipinski definition) is 1. The van der Waals surface area contributed by atoms with Crippen LogP contribution in [0.4, 0.5) is 4.39 Å². The van der Waals surface area contributed by atoms with Crippen LogP contribution in [0.5, 0.6) is 0 Å². The molecule has 1 aliphatic rings. The van der Waals surface area contributed by atoms with Crippen molar-refractivity contribution in [1.29, 1.82) is 0 Å². The van der Waals surface area contributed by atoms with Gasteiger partial charge in [0.1, 0.15) is 18.0 Å². The predicted octanol–water partition coefficient (Wildman–Crippen LogP) is 2.06. The molecule has 1 aromatic carbocycles. The summed E-state index contributed by atoms with van der Waals surface area (Å²) in [6.45, 7) is -0.236. The van der Waals surface area contributed by atoms with E-state index < -0.39 is 18.6 Å². The van der Waals surface area contributed by atoms with E-state index >= 15 is 0 Å². The van der Waals surface area contributed by atoms with Crippen molar-refractivity contribution in [3.8, 4) is 0 Å². The number of aromatic amines is 1. The van der Waals surface area contributed by atoms with Gasteiger partial charge in [0.15, 0.2) is 5.43 Å². The van der Waals surface area contributed by atoms with Crippen molar-refractivity contribution in [1.82, 2.24) is 14.8 Å². The molecule has 28 heavy (non-hydrogen) atoms. The monoisotopic (exact) mass is 383 g/mol. The number of rotatable bonds is 3. The third kappa shape index (κ3) is 3.28. The fraction of sp³-hybridized carbons (Fsp3) is 0.250. The second kappa shape index (κ2) is 7.30. The second-order valence-electron chi connectivity index (χ2n) is 6.67. The van der Waals surface area contributed by atoms with Crippen molar-refractivity contribution in [3.63, 3.8) is 0 Å². The zero-order valence-corrected chi connectivity index (χ0v) is 14.9. The third-order valence-electron chi connectivity index (χ3n) is 4.91. The Kier molecular flexibility index (Phi) is 4.68. The van der Waals surface area contributed by atoms with Gasteiger partial charge in [0.2, 0.25) is 0 Å². The molecule has 0 saturated carbocycles. The number of nitrogens with zero attached hydrogens (tertiary/aromatic N) is 2. The van der Waals surface area contributed by atoms with Crippen molar-refractivity contribution < 1.29 is 18.4 Å². The standard InChI is InChI=1S/C20H18FN3O4/c21-11-15-12-23(19(26)14-1-2-18-13(9-14)4-8-28-18)6-7-24(15)20(27)17-10-16(25)3-5-22-17/h1-5,8-10,15H,6-7,11-12H2,(H,22,25). The Bertz CT molecular complexity index is 1090. The van der Waals surface area contributed by atoms with E-state index in [-0.39, 0.29) is 36.7 Å². The maximum atomic E-state index is 13.7. The smallest absolute Gasteiger partial charge is 0.270 e. The number of halogens is 1. The third-order valence-corrected chi connectivity index (χ3v) is 4.91. The number of alkyl halides is 1. The van der Waals surface area contributed by atoms with Crippen LogP contribution in [0, 0.1) is 0 Å². The van der Waals surface area contributed by atoms with Gasteiger partial charge in [-0.05, 0) is 24.3 Å². The van der Waals surface area contributed by atoms with Crippen molar-refractivity contribution in [2.45, 2.75) is 6.04 Å². The SMILES string of the molecule is O=C(c1ccc2occc2c1)N1CCN(C(=O)c2cc(=O)cc[nH]2)C(CF)C1. The van der Waals surface area contributed by atoms with Crippen LogP contribution in [0.1, 0.15) is 20.8 Å². The molecule has 144 valence electrons. The fourth-order valence-corrected chi connectivity index (χ4v) is 3.45. The molecule has 7 nitrogen and oxygen atoms in total. The van der Waals surface area contributed by atoms with Crippen LogP contribution >= 0.6 is 0 Å². The fourth-order valence-electron chi connectivity index (χ4n) is 3.45. The van der Waals surface area contributed by atoms with E-state index in [0.717, 1.165) is 5.39 Å². The maximum Gasteiger partial charge on any atom is 0.270 e. The van der Waals surface area contributed by atoms with E-state index in [1.54, 1.807) is 35.4 Å². The Hall–Kier alpha value is -3.42. The van der Waals surface area contributed by atoms with Crippen LogP contribution in [0.15, 0.2) is 58.1 Å². The van der Waals surface area contributed by atoms with Gasteiger partial charge in [-0.15, -0.1) is 0 Å². The van der Waals surface area contributed by atoms with E-state index in [1.165, 1.54) is 23.2 Å². The molecule has 3 heterocycles. The highest BCUT2D eigenvalue weighted by Gasteiger charge is 2.33. The lowest BCUT2D eigenvalue weighted by molar-refractivity contribution is 0.0339. The van der Waals surface area contributed by atoms with Gasteiger partial charge in [0.05, 0.1) is 12.3 Å². The molecule has 4 rings (SSSR count). The normalized spacial score (nSPS) is 17.1. The average molecular weight is 383 g/mol. The van der Waals surface area contributed by atoms with Crippen molar-refractivity contribution in [2.24, 2.45) is 0 Å². The number of carbonyl (C=O) groups is 2. The summed E-state index contributed by atoms with van der Waals surface area (Å²) in [4.78, 5) is 42.6. The molecule has 0 spiro atoms. The summed E-state index contributed by atoms with van der Waals surface area (Å²) in [7, 11) is 0.